The summed E-state index contributed by atoms with van der Waals surface area (Å²) in [6.45, 7) is 4.70. The number of anilines is 2. The third-order valence-electron chi connectivity index (χ3n) is 5.12. The van der Waals surface area contributed by atoms with Gasteiger partial charge in [0, 0.05) is 35.4 Å². The van der Waals surface area contributed by atoms with E-state index < -0.39 is 5.91 Å². The molecule has 1 fully saturated rings. The summed E-state index contributed by atoms with van der Waals surface area (Å²) in [4.78, 5) is 31.3. The largest absolute Gasteiger partial charge is 0.368 e. The van der Waals surface area contributed by atoms with Gasteiger partial charge >= 0.3 is 0 Å². The molecule has 5 nitrogen and oxygen atoms in total. The predicted molar refractivity (Wildman–Crippen MR) is 119 cm³/mol. The zero-order valence-electron chi connectivity index (χ0n) is 15.4. The van der Waals surface area contributed by atoms with Crippen LogP contribution in [0.4, 0.5) is 11.4 Å². The van der Waals surface area contributed by atoms with E-state index in [-0.39, 0.29) is 10.9 Å². The van der Waals surface area contributed by atoms with Gasteiger partial charge < -0.3 is 9.80 Å². The maximum absolute atomic E-state index is 13.1. The Morgan fingerprint density at radius 3 is 2.18 bits per heavy atom. The Kier molecular flexibility index (Phi) is 5.33. The summed E-state index contributed by atoms with van der Waals surface area (Å²) in [6.07, 6.45) is 0. The van der Waals surface area contributed by atoms with Crippen LogP contribution in [0.5, 0.6) is 0 Å². The van der Waals surface area contributed by atoms with Crippen molar-refractivity contribution in [3.05, 3.63) is 68.4 Å². The second-order valence-electron chi connectivity index (χ2n) is 6.85. The summed E-state index contributed by atoms with van der Waals surface area (Å²) in [7, 11) is 0. The van der Waals surface area contributed by atoms with Crippen molar-refractivity contribution in [2.24, 2.45) is 0 Å². The monoisotopic (exact) mass is 507 g/mol. The van der Waals surface area contributed by atoms with E-state index in [1.165, 1.54) is 4.90 Å². The van der Waals surface area contributed by atoms with Crippen LogP contribution in [0, 0.1) is 10.5 Å². The van der Waals surface area contributed by atoms with E-state index in [4.69, 9.17) is 11.6 Å². The summed E-state index contributed by atoms with van der Waals surface area (Å²) >= 11 is 8.56. The summed E-state index contributed by atoms with van der Waals surface area (Å²) < 4.78 is 1.05. The van der Waals surface area contributed by atoms with E-state index in [0.29, 0.717) is 24.5 Å². The second-order valence-corrected chi connectivity index (χ2v) is 8.47. The summed E-state index contributed by atoms with van der Waals surface area (Å²) in [6, 6.07) is 15.8. The molecule has 0 unspecified atom stereocenters. The Labute approximate surface area is 182 Å². The molecule has 2 amide bonds. The topological polar surface area (TPSA) is 43.9 Å². The van der Waals surface area contributed by atoms with Crippen LogP contribution in [0.15, 0.2) is 59.3 Å². The first-order chi connectivity index (χ1) is 13.5. The molecule has 4 rings (SSSR count). The number of halogens is 2. The quantitative estimate of drug-likeness (QED) is 0.469. The lowest BCUT2D eigenvalue weighted by Gasteiger charge is -2.37. The average Bonchev–Trinajstić information content (AvgIpc) is 2.92. The molecule has 0 atom stereocenters. The number of imide groups is 1. The van der Waals surface area contributed by atoms with Crippen molar-refractivity contribution in [1.29, 1.82) is 0 Å². The van der Waals surface area contributed by atoms with Crippen LogP contribution in [0.25, 0.3) is 0 Å². The van der Waals surface area contributed by atoms with Crippen molar-refractivity contribution < 1.29 is 9.59 Å². The number of nitrogens with zero attached hydrogens (tertiary/aromatic N) is 3. The molecule has 144 valence electrons. The molecule has 0 aromatic heterocycles. The lowest BCUT2D eigenvalue weighted by Crippen LogP contribution is -2.47. The van der Waals surface area contributed by atoms with E-state index in [1.54, 1.807) is 6.07 Å². The number of amides is 2. The third kappa shape index (κ3) is 3.39. The van der Waals surface area contributed by atoms with Gasteiger partial charge in [-0.15, -0.1) is 0 Å². The fraction of sp³-hybridized carbons (Fsp3) is 0.238. The van der Waals surface area contributed by atoms with Gasteiger partial charge in [0.15, 0.2) is 0 Å². The molecule has 0 saturated carbocycles. The Morgan fingerprint density at radius 2 is 1.54 bits per heavy atom. The Morgan fingerprint density at radius 1 is 0.893 bits per heavy atom. The summed E-state index contributed by atoms with van der Waals surface area (Å²) in [5.74, 6) is -0.788. The lowest BCUT2D eigenvalue weighted by molar-refractivity contribution is -0.121. The smallest absolute Gasteiger partial charge is 0.283 e. The first-order valence-electron chi connectivity index (χ1n) is 9.07. The van der Waals surface area contributed by atoms with Crippen LogP contribution in [0.3, 0.4) is 0 Å². The fourth-order valence-corrected chi connectivity index (χ4v) is 4.61. The van der Waals surface area contributed by atoms with Gasteiger partial charge in [0.2, 0.25) is 0 Å². The normalized spacial score (nSPS) is 17.8. The SMILES string of the molecule is Cc1cc(I)ccc1N1C(=O)C(Cl)=C(N2CCN(c3ccccc3)CC2)C1=O. The number of hydrogen-bond donors (Lipinski definition) is 0. The van der Waals surface area contributed by atoms with Gasteiger partial charge in [0.1, 0.15) is 10.7 Å². The first kappa shape index (κ1) is 19.3. The lowest BCUT2D eigenvalue weighted by atomic mass is 10.2. The number of para-hydroxylation sites is 1. The maximum atomic E-state index is 13.1. The molecule has 2 aliphatic rings. The standard InChI is InChI=1S/C21H19ClIN3O2/c1-14-13-15(23)7-8-17(14)26-20(27)18(22)19(21(26)28)25-11-9-24(10-12-25)16-5-3-2-4-6-16/h2-8,13H,9-12H2,1H3. The predicted octanol–water partition coefficient (Wildman–Crippen LogP) is 3.75. The zero-order valence-corrected chi connectivity index (χ0v) is 18.3. The van der Waals surface area contributed by atoms with E-state index in [2.05, 4.69) is 39.6 Å². The van der Waals surface area contributed by atoms with Crippen molar-refractivity contribution >= 4 is 57.4 Å². The van der Waals surface area contributed by atoms with Crippen LogP contribution < -0.4 is 9.80 Å². The van der Waals surface area contributed by atoms with Gasteiger partial charge in [-0.2, -0.15) is 0 Å². The van der Waals surface area contributed by atoms with Gasteiger partial charge in [-0.1, -0.05) is 29.8 Å². The second kappa shape index (κ2) is 7.75. The highest BCUT2D eigenvalue weighted by molar-refractivity contribution is 14.1. The Bertz CT molecular complexity index is 969. The van der Waals surface area contributed by atoms with Crippen molar-refractivity contribution in [2.45, 2.75) is 6.92 Å². The van der Waals surface area contributed by atoms with Crippen LogP contribution in [0.2, 0.25) is 0 Å². The van der Waals surface area contributed by atoms with E-state index in [0.717, 1.165) is 27.9 Å². The van der Waals surface area contributed by atoms with Gasteiger partial charge in [0.05, 0.1) is 5.69 Å². The minimum atomic E-state index is -0.448. The molecule has 7 heteroatoms. The molecule has 1 saturated heterocycles. The highest BCUT2D eigenvalue weighted by atomic mass is 127. The molecule has 2 aliphatic heterocycles. The maximum Gasteiger partial charge on any atom is 0.283 e. The first-order valence-corrected chi connectivity index (χ1v) is 10.5. The number of aryl methyl sites for hydroxylation is 1. The number of benzene rings is 2. The van der Waals surface area contributed by atoms with Crippen LogP contribution in [-0.2, 0) is 9.59 Å². The average molecular weight is 508 g/mol. The number of piperazine rings is 1. The van der Waals surface area contributed by atoms with Crippen molar-refractivity contribution in [2.75, 3.05) is 36.0 Å². The summed E-state index contributed by atoms with van der Waals surface area (Å²) in [5, 5.41) is 0.0103. The van der Waals surface area contributed by atoms with Crippen LogP contribution in [0.1, 0.15) is 5.56 Å². The van der Waals surface area contributed by atoms with Crippen LogP contribution in [-0.4, -0.2) is 42.9 Å². The van der Waals surface area contributed by atoms with Crippen LogP contribution >= 0.6 is 34.2 Å². The Hall–Kier alpha value is -2.06. The molecule has 0 N–H and O–H groups in total. The van der Waals surface area contributed by atoms with Crippen molar-refractivity contribution in [1.82, 2.24) is 4.90 Å². The number of hydrogen-bond acceptors (Lipinski definition) is 4. The molecule has 2 aromatic carbocycles. The number of carbonyl (C=O) groups excluding carboxylic acids is 2. The molecule has 0 aliphatic carbocycles. The third-order valence-corrected chi connectivity index (χ3v) is 6.13. The minimum Gasteiger partial charge on any atom is -0.368 e. The molecule has 28 heavy (non-hydrogen) atoms. The molecule has 2 heterocycles. The molecule has 0 bridgehead atoms. The van der Waals surface area contributed by atoms with Gasteiger partial charge in [-0.05, 0) is 65.4 Å². The molecule has 0 spiro atoms. The highest BCUT2D eigenvalue weighted by Crippen LogP contribution is 2.34. The van der Waals surface area contributed by atoms with E-state index in [1.807, 2.05) is 42.2 Å². The molecule has 0 radical (unpaired) electrons. The van der Waals surface area contributed by atoms with Crippen molar-refractivity contribution in [3.8, 4) is 0 Å². The van der Waals surface area contributed by atoms with E-state index >= 15 is 0 Å². The Balaban J connectivity index is 1.54. The number of rotatable bonds is 3. The minimum absolute atomic E-state index is 0.0103. The zero-order chi connectivity index (χ0) is 19.8. The van der Waals surface area contributed by atoms with Gasteiger partial charge in [-0.25, -0.2) is 4.90 Å². The van der Waals surface area contributed by atoms with Gasteiger partial charge in [-0.3, -0.25) is 9.59 Å². The highest BCUT2D eigenvalue weighted by Gasteiger charge is 2.42. The molecular weight excluding hydrogens is 489 g/mol. The van der Waals surface area contributed by atoms with Crippen molar-refractivity contribution in [3.63, 3.8) is 0 Å². The van der Waals surface area contributed by atoms with E-state index in [9.17, 15) is 9.59 Å². The van der Waals surface area contributed by atoms with Gasteiger partial charge in [0.25, 0.3) is 11.8 Å². The summed E-state index contributed by atoms with van der Waals surface area (Å²) in [5.41, 5.74) is 2.93. The fourth-order valence-electron chi connectivity index (χ4n) is 3.68. The molecular formula is C21H19ClIN3O2. The molecule has 2 aromatic rings. The number of carbonyl (C=O) groups is 2.